The van der Waals surface area contributed by atoms with Crippen molar-refractivity contribution in [2.45, 2.75) is 19.8 Å². The zero-order valence-corrected chi connectivity index (χ0v) is 15.0. The fourth-order valence-electron chi connectivity index (χ4n) is 2.79. The highest BCUT2D eigenvalue weighted by Crippen LogP contribution is 2.36. The number of benzene rings is 1. The van der Waals surface area contributed by atoms with E-state index >= 15 is 0 Å². The Bertz CT molecular complexity index is 646. The van der Waals surface area contributed by atoms with Crippen molar-refractivity contribution in [3.63, 3.8) is 0 Å². The Kier molecular flexibility index (Phi) is 5.79. The summed E-state index contributed by atoms with van der Waals surface area (Å²) in [5.41, 5.74) is 8.89. The number of halogens is 1. The fourth-order valence-corrected chi connectivity index (χ4v) is 4.23. The van der Waals surface area contributed by atoms with Crippen LogP contribution in [0, 0.1) is 17.2 Å². The van der Waals surface area contributed by atoms with Gasteiger partial charge in [-0.1, -0.05) is 29.4 Å². The summed E-state index contributed by atoms with van der Waals surface area (Å²) in [6.07, 6.45) is 1.83. The van der Waals surface area contributed by atoms with Gasteiger partial charge in [0.1, 0.15) is 6.07 Å². The van der Waals surface area contributed by atoms with Crippen molar-refractivity contribution in [1.29, 1.82) is 5.26 Å². The quantitative estimate of drug-likeness (QED) is 0.813. The first-order chi connectivity index (χ1) is 10.5. The highest BCUT2D eigenvalue weighted by Gasteiger charge is 2.25. The lowest BCUT2D eigenvalue weighted by Gasteiger charge is -2.32. The van der Waals surface area contributed by atoms with Crippen LogP contribution in [0.25, 0.3) is 5.57 Å². The predicted molar refractivity (Wildman–Crippen MR) is 95.3 cm³/mol. The first kappa shape index (κ1) is 17.2. The van der Waals surface area contributed by atoms with Gasteiger partial charge in [-0.2, -0.15) is 5.26 Å². The Morgan fingerprint density at radius 3 is 2.73 bits per heavy atom. The minimum absolute atomic E-state index is 0.313. The van der Waals surface area contributed by atoms with Crippen LogP contribution < -0.4 is 5.73 Å². The molecule has 1 atom stereocenters. The van der Waals surface area contributed by atoms with E-state index in [0.717, 1.165) is 41.5 Å². The van der Waals surface area contributed by atoms with Gasteiger partial charge in [0, 0.05) is 28.9 Å². The van der Waals surface area contributed by atoms with E-state index in [-0.39, 0.29) is 0 Å². The minimum atomic E-state index is -0.871. The van der Waals surface area contributed by atoms with Gasteiger partial charge in [-0.25, -0.2) is 8.51 Å². The Balaban J connectivity index is 2.16. The van der Waals surface area contributed by atoms with Gasteiger partial charge in [-0.15, -0.1) is 0 Å². The lowest BCUT2D eigenvalue weighted by molar-refractivity contribution is 0.325. The lowest BCUT2D eigenvalue weighted by Crippen LogP contribution is -2.36. The number of rotatable bonds is 4. The van der Waals surface area contributed by atoms with Crippen molar-refractivity contribution in [2.24, 2.45) is 5.92 Å². The molecule has 1 aromatic rings. The van der Waals surface area contributed by atoms with Crippen molar-refractivity contribution < 1.29 is 4.21 Å². The molecule has 4 nitrogen and oxygen atoms in total. The van der Waals surface area contributed by atoms with Gasteiger partial charge in [0.15, 0.2) is 0 Å². The number of nitrogen functional groups attached to an aromatic ring is 1. The number of hydrogen-bond donors (Lipinski definition) is 1. The van der Waals surface area contributed by atoms with Gasteiger partial charge in [-0.3, -0.25) is 0 Å². The predicted octanol–water partition coefficient (Wildman–Crippen LogP) is 3.31. The number of hydrogen-bond acceptors (Lipinski definition) is 3. The van der Waals surface area contributed by atoms with Crippen LogP contribution in [0.5, 0.6) is 0 Å². The van der Waals surface area contributed by atoms with E-state index in [1.54, 1.807) is 6.07 Å². The monoisotopic (exact) mass is 381 g/mol. The average Bonchev–Trinajstić information content (AvgIpc) is 2.55. The third-order valence-electron chi connectivity index (χ3n) is 4.09. The maximum absolute atomic E-state index is 11.8. The Labute approximate surface area is 142 Å². The van der Waals surface area contributed by atoms with Gasteiger partial charge < -0.3 is 5.73 Å². The SMILES string of the molecule is C=C(c1cc(Br)cc(C#N)c1N)C1CCN(S(=O)CC)CC1. The summed E-state index contributed by atoms with van der Waals surface area (Å²) in [5.74, 6) is 0.976. The molecule has 0 saturated carbocycles. The van der Waals surface area contributed by atoms with E-state index in [2.05, 4.69) is 28.6 Å². The third-order valence-corrected chi connectivity index (χ3v) is 5.99. The van der Waals surface area contributed by atoms with Gasteiger partial charge in [0.05, 0.1) is 22.2 Å². The molecule has 22 heavy (non-hydrogen) atoms. The molecule has 1 unspecified atom stereocenters. The second-order valence-corrected chi connectivity index (χ2v) is 8.02. The van der Waals surface area contributed by atoms with E-state index in [1.807, 2.05) is 17.3 Å². The van der Waals surface area contributed by atoms with Gasteiger partial charge in [-0.05, 0) is 36.5 Å². The highest BCUT2D eigenvalue weighted by atomic mass is 79.9. The summed E-state index contributed by atoms with van der Waals surface area (Å²) in [4.78, 5) is 0. The highest BCUT2D eigenvalue weighted by molar-refractivity contribution is 9.10. The number of piperidine rings is 1. The third kappa shape index (κ3) is 3.60. The molecule has 0 amide bonds. The largest absolute Gasteiger partial charge is 0.397 e. The maximum Gasteiger partial charge on any atom is 0.101 e. The van der Waals surface area contributed by atoms with E-state index in [4.69, 9.17) is 11.0 Å². The number of nitriles is 1. The molecule has 1 aliphatic rings. The maximum atomic E-state index is 11.8. The van der Waals surface area contributed by atoms with Gasteiger partial charge >= 0.3 is 0 Å². The van der Waals surface area contributed by atoms with E-state index in [0.29, 0.717) is 22.9 Å². The number of anilines is 1. The molecule has 0 bridgehead atoms. The molecule has 1 aliphatic heterocycles. The Morgan fingerprint density at radius 2 is 2.18 bits per heavy atom. The summed E-state index contributed by atoms with van der Waals surface area (Å²) in [7, 11) is -0.871. The summed E-state index contributed by atoms with van der Waals surface area (Å²) in [6, 6.07) is 5.77. The first-order valence-electron chi connectivity index (χ1n) is 7.29. The first-order valence-corrected chi connectivity index (χ1v) is 9.36. The molecule has 0 aliphatic carbocycles. The molecule has 2 N–H and O–H groups in total. The van der Waals surface area contributed by atoms with Crippen LogP contribution in [0.4, 0.5) is 5.69 Å². The lowest BCUT2D eigenvalue weighted by atomic mass is 9.85. The summed E-state index contributed by atoms with van der Waals surface area (Å²) >= 11 is 3.42. The van der Waals surface area contributed by atoms with Crippen molar-refractivity contribution in [1.82, 2.24) is 4.31 Å². The molecule has 6 heteroatoms. The topological polar surface area (TPSA) is 70.1 Å². The van der Waals surface area contributed by atoms with Gasteiger partial charge in [0.2, 0.25) is 0 Å². The molecule has 1 heterocycles. The van der Waals surface area contributed by atoms with Crippen molar-refractivity contribution in [3.05, 3.63) is 34.3 Å². The van der Waals surface area contributed by atoms with Crippen LogP contribution in [0.3, 0.4) is 0 Å². The Morgan fingerprint density at radius 1 is 1.55 bits per heavy atom. The van der Waals surface area contributed by atoms with Crippen molar-refractivity contribution >= 4 is 38.2 Å². The summed E-state index contributed by atoms with van der Waals surface area (Å²) in [6.45, 7) is 7.77. The van der Waals surface area contributed by atoms with Crippen LogP contribution in [-0.2, 0) is 11.0 Å². The molecule has 0 spiro atoms. The van der Waals surface area contributed by atoms with Crippen LogP contribution >= 0.6 is 15.9 Å². The smallest absolute Gasteiger partial charge is 0.101 e. The van der Waals surface area contributed by atoms with Crippen molar-refractivity contribution in [3.8, 4) is 6.07 Å². The molecule has 2 rings (SSSR count). The van der Waals surface area contributed by atoms with Gasteiger partial charge in [0.25, 0.3) is 0 Å². The van der Waals surface area contributed by atoms with E-state index in [1.165, 1.54) is 0 Å². The molecule has 0 aromatic heterocycles. The zero-order chi connectivity index (χ0) is 16.3. The molecule has 1 saturated heterocycles. The molecule has 1 fully saturated rings. The van der Waals surface area contributed by atoms with Crippen LogP contribution in [0.2, 0.25) is 0 Å². The van der Waals surface area contributed by atoms with Crippen LogP contribution in [0.1, 0.15) is 30.9 Å². The van der Waals surface area contributed by atoms with E-state index in [9.17, 15) is 4.21 Å². The fraction of sp³-hybridized carbons (Fsp3) is 0.438. The molecule has 0 radical (unpaired) electrons. The molecule has 1 aromatic carbocycles. The molecule has 118 valence electrons. The standard InChI is InChI=1S/C16H20BrN3OS/c1-3-22(21)20-6-4-12(5-7-20)11(2)15-9-14(17)8-13(10-18)16(15)19/h8-9,12H,2-7,19H2,1H3. The van der Waals surface area contributed by atoms with Crippen LogP contribution in [-0.4, -0.2) is 27.4 Å². The minimum Gasteiger partial charge on any atom is -0.397 e. The zero-order valence-electron chi connectivity index (χ0n) is 12.6. The summed E-state index contributed by atoms with van der Waals surface area (Å²) < 4.78 is 14.7. The summed E-state index contributed by atoms with van der Waals surface area (Å²) in [5, 5.41) is 9.16. The number of nitrogens with two attached hydrogens (primary N) is 1. The number of nitrogens with zero attached hydrogens (tertiary/aromatic N) is 2. The Hall–Kier alpha value is -1.16. The molecular weight excluding hydrogens is 362 g/mol. The second-order valence-electron chi connectivity index (χ2n) is 5.37. The van der Waals surface area contributed by atoms with Crippen molar-refractivity contribution in [2.75, 3.05) is 24.6 Å². The van der Waals surface area contributed by atoms with Crippen LogP contribution in [0.15, 0.2) is 23.2 Å². The molecular formula is C16H20BrN3OS. The number of allylic oxidation sites excluding steroid dienone is 1. The average molecular weight is 382 g/mol. The van der Waals surface area contributed by atoms with E-state index < -0.39 is 11.0 Å². The normalized spacial score (nSPS) is 17.9. The second kappa shape index (κ2) is 7.40.